The van der Waals surface area contributed by atoms with Gasteiger partial charge < -0.3 is 20.5 Å². The van der Waals surface area contributed by atoms with Gasteiger partial charge in [0.15, 0.2) is 0 Å². The third-order valence-corrected chi connectivity index (χ3v) is 7.63. The SMILES string of the molecule is Cl.Cl.Cn1c(=O)ccc2ncc(F)c(CNC3CCC(NCc4ccc5c(n4)NC(=O)CS5)CC3)c21. The quantitative estimate of drug-likeness (QED) is 0.428. The van der Waals surface area contributed by atoms with Crippen molar-refractivity contribution in [3.63, 3.8) is 0 Å². The Morgan fingerprint density at radius 2 is 1.75 bits per heavy atom. The number of carbonyl (C=O) groups is 1. The van der Waals surface area contributed by atoms with E-state index < -0.39 is 5.82 Å². The Balaban J connectivity index is 0.00000180. The van der Waals surface area contributed by atoms with Gasteiger partial charge in [0, 0.05) is 43.9 Å². The number of aromatic nitrogens is 3. The summed E-state index contributed by atoms with van der Waals surface area (Å²) in [7, 11) is 1.65. The number of nitrogens with one attached hydrogen (secondary N) is 3. The number of pyridine rings is 3. The number of hydrogen-bond acceptors (Lipinski definition) is 7. The Kier molecular flexibility index (Phi) is 9.71. The van der Waals surface area contributed by atoms with Crippen molar-refractivity contribution in [1.82, 2.24) is 25.2 Å². The molecule has 0 unspecified atom stereocenters. The van der Waals surface area contributed by atoms with E-state index >= 15 is 0 Å². The minimum Gasteiger partial charge on any atom is -0.310 e. The molecule has 3 aromatic rings. The van der Waals surface area contributed by atoms with Crippen LogP contribution < -0.4 is 21.5 Å². The van der Waals surface area contributed by atoms with Crippen LogP contribution in [-0.4, -0.2) is 38.3 Å². The van der Waals surface area contributed by atoms with Crippen LogP contribution in [0.25, 0.3) is 11.0 Å². The normalized spacial score (nSPS) is 19.1. The highest BCUT2D eigenvalue weighted by atomic mass is 35.5. The van der Waals surface area contributed by atoms with E-state index in [-0.39, 0.29) is 42.3 Å². The summed E-state index contributed by atoms with van der Waals surface area (Å²) in [5, 5.41) is 9.90. The standard InChI is InChI=1S/C24H27FN6O2S.2ClH/c1-31-22(33)9-7-19-23(31)17(18(25)12-28-19)11-27-15-4-2-14(3-5-15)26-10-16-6-8-20-24(29-16)30-21(32)13-34-20;;/h6-9,12,14-15,26-27H,2-5,10-11,13H2,1H3,(H,29,30,32);2*1H. The second-order valence-electron chi connectivity index (χ2n) is 8.85. The maximum Gasteiger partial charge on any atom is 0.250 e. The van der Waals surface area contributed by atoms with E-state index in [0.717, 1.165) is 36.3 Å². The number of amides is 1. The summed E-state index contributed by atoms with van der Waals surface area (Å²) in [6.07, 6.45) is 5.20. The molecule has 1 amide bonds. The molecule has 0 bridgehead atoms. The van der Waals surface area contributed by atoms with Crippen LogP contribution in [-0.2, 0) is 24.9 Å². The molecule has 5 rings (SSSR count). The van der Waals surface area contributed by atoms with Crippen molar-refractivity contribution >= 4 is 59.3 Å². The summed E-state index contributed by atoms with van der Waals surface area (Å²) in [4.78, 5) is 33.4. The summed E-state index contributed by atoms with van der Waals surface area (Å²) in [5.41, 5.74) is 2.37. The average Bonchev–Trinajstić information content (AvgIpc) is 2.85. The molecule has 0 aromatic carbocycles. The smallest absolute Gasteiger partial charge is 0.250 e. The summed E-state index contributed by atoms with van der Waals surface area (Å²) in [6, 6.07) is 7.79. The van der Waals surface area contributed by atoms with Crippen molar-refractivity contribution < 1.29 is 9.18 Å². The number of fused-ring (bicyclic) bond motifs is 2. The van der Waals surface area contributed by atoms with Gasteiger partial charge in [-0.25, -0.2) is 9.37 Å². The van der Waals surface area contributed by atoms with Gasteiger partial charge in [0.1, 0.15) is 11.6 Å². The first-order chi connectivity index (χ1) is 16.5. The molecule has 2 aliphatic rings. The predicted molar refractivity (Wildman–Crippen MR) is 145 cm³/mol. The lowest BCUT2D eigenvalue weighted by atomic mass is 9.91. The van der Waals surface area contributed by atoms with Gasteiger partial charge in [0.25, 0.3) is 5.56 Å². The Morgan fingerprint density at radius 1 is 1.06 bits per heavy atom. The van der Waals surface area contributed by atoms with E-state index in [1.807, 2.05) is 12.1 Å². The van der Waals surface area contributed by atoms with Crippen molar-refractivity contribution in [2.45, 2.75) is 55.8 Å². The van der Waals surface area contributed by atoms with E-state index in [1.54, 1.807) is 13.1 Å². The van der Waals surface area contributed by atoms with Crippen LogP contribution in [0.2, 0.25) is 0 Å². The van der Waals surface area contributed by atoms with Crippen molar-refractivity contribution in [2.24, 2.45) is 7.05 Å². The third-order valence-electron chi connectivity index (χ3n) is 6.58. The molecule has 3 aromatic heterocycles. The number of halogens is 3. The molecule has 12 heteroatoms. The predicted octanol–water partition coefficient (Wildman–Crippen LogP) is 3.55. The zero-order valence-electron chi connectivity index (χ0n) is 19.8. The lowest BCUT2D eigenvalue weighted by Gasteiger charge is -2.30. The number of aryl methyl sites for hydroxylation is 1. The molecule has 36 heavy (non-hydrogen) atoms. The van der Waals surface area contributed by atoms with Gasteiger partial charge >= 0.3 is 0 Å². The zero-order valence-corrected chi connectivity index (χ0v) is 22.2. The molecule has 1 aliphatic heterocycles. The van der Waals surface area contributed by atoms with Crippen LogP contribution in [0, 0.1) is 5.82 Å². The van der Waals surface area contributed by atoms with Crippen LogP contribution in [0.3, 0.4) is 0 Å². The van der Waals surface area contributed by atoms with Crippen LogP contribution >= 0.6 is 36.6 Å². The first-order valence-corrected chi connectivity index (χ1v) is 12.5. The van der Waals surface area contributed by atoms with Gasteiger partial charge in [-0.3, -0.25) is 14.6 Å². The van der Waals surface area contributed by atoms with E-state index in [9.17, 15) is 14.0 Å². The number of rotatable bonds is 6. The van der Waals surface area contributed by atoms with E-state index in [2.05, 4.69) is 25.9 Å². The molecule has 1 aliphatic carbocycles. The molecule has 0 spiro atoms. The molecular formula is C24H29Cl2FN6O2S. The largest absolute Gasteiger partial charge is 0.310 e. The molecule has 0 saturated heterocycles. The van der Waals surface area contributed by atoms with Gasteiger partial charge in [-0.2, -0.15) is 0 Å². The second kappa shape index (κ2) is 12.3. The van der Waals surface area contributed by atoms with Crippen LogP contribution in [0.4, 0.5) is 10.2 Å². The Labute approximate surface area is 225 Å². The highest BCUT2D eigenvalue weighted by Gasteiger charge is 2.22. The molecule has 3 N–H and O–H groups in total. The molecular weight excluding hydrogens is 526 g/mol. The topological polar surface area (TPSA) is 101 Å². The highest BCUT2D eigenvalue weighted by molar-refractivity contribution is 8.00. The fourth-order valence-corrected chi connectivity index (χ4v) is 5.43. The lowest BCUT2D eigenvalue weighted by Crippen LogP contribution is -2.39. The van der Waals surface area contributed by atoms with Crippen molar-refractivity contribution in [2.75, 3.05) is 11.1 Å². The molecule has 194 valence electrons. The van der Waals surface area contributed by atoms with E-state index in [0.29, 0.717) is 47.3 Å². The lowest BCUT2D eigenvalue weighted by molar-refractivity contribution is -0.113. The van der Waals surface area contributed by atoms with Crippen molar-refractivity contribution in [3.05, 3.63) is 57.9 Å². The molecule has 1 saturated carbocycles. The average molecular weight is 556 g/mol. The number of anilines is 1. The van der Waals surface area contributed by atoms with Gasteiger partial charge in [-0.15, -0.1) is 36.6 Å². The van der Waals surface area contributed by atoms with E-state index in [4.69, 9.17) is 0 Å². The van der Waals surface area contributed by atoms with Gasteiger partial charge in [-0.05, 0) is 43.9 Å². The molecule has 8 nitrogen and oxygen atoms in total. The number of nitrogens with zero attached hydrogens (tertiary/aromatic N) is 3. The number of thioether (sulfide) groups is 1. The summed E-state index contributed by atoms with van der Waals surface area (Å²) >= 11 is 1.51. The Hall–Kier alpha value is -2.24. The summed E-state index contributed by atoms with van der Waals surface area (Å²) in [5.74, 6) is 0.680. The minimum atomic E-state index is -0.399. The number of hydrogen-bond donors (Lipinski definition) is 3. The molecule has 1 fully saturated rings. The van der Waals surface area contributed by atoms with Crippen LogP contribution in [0.5, 0.6) is 0 Å². The maximum atomic E-state index is 14.6. The van der Waals surface area contributed by atoms with Crippen molar-refractivity contribution in [3.8, 4) is 0 Å². The van der Waals surface area contributed by atoms with Crippen LogP contribution in [0.15, 0.2) is 40.2 Å². The van der Waals surface area contributed by atoms with Gasteiger partial charge in [0.2, 0.25) is 5.91 Å². The van der Waals surface area contributed by atoms with E-state index in [1.165, 1.54) is 28.6 Å². The number of carbonyl (C=O) groups excluding carboxylic acids is 1. The minimum absolute atomic E-state index is 0. The monoisotopic (exact) mass is 554 g/mol. The fourth-order valence-electron chi connectivity index (χ4n) is 4.67. The van der Waals surface area contributed by atoms with Crippen LogP contribution in [0.1, 0.15) is 36.9 Å². The van der Waals surface area contributed by atoms with Gasteiger partial charge in [0.05, 0.1) is 33.6 Å². The summed E-state index contributed by atoms with van der Waals surface area (Å²) in [6.45, 7) is 1.01. The third kappa shape index (κ3) is 6.18. The zero-order chi connectivity index (χ0) is 23.7. The molecule has 0 radical (unpaired) electrons. The summed E-state index contributed by atoms with van der Waals surface area (Å²) < 4.78 is 16.0. The molecule has 4 heterocycles. The molecule has 0 atom stereocenters. The van der Waals surface area contributed by atoms with Gasteiger partial charge in [-0.1, -0.05) is 0 Å². The Bertz CT molecular complexity index is 1300. The first kappa shape index (κ1) is 28.3. The fraction of sp³-hybridized carbons (Fsp3) is 0.417. The Morgan fingerprint density at radius 3 is 2.47 bits per heavy atom. The first-order valence-electron chi connectivity index (χ1n) is 11.5. The highest BCUT2D eigenvalue weighted by Crippen LogP contribution is 2.30. The van der Waals surface area contributed by atoms with Crippen molar-refractivity contribution in [1.29, 1.82) is 0 Å². The second-order valence-corrected chi connectivity index (χ2v) is 9.86. The maximum absolute atomic E-state index is 14.6.